The average molecular weight is 1810 g/mol. The Hall–Kier alpha value is -5.33. The van der Waals surface area contributed by atoms with Gasteiger partial charge >= 0.3 is 60.7 Å². The van der Waals surface area contributed by atoms with E-state index >= 15 is 0 Å². The fourth-order valence-corrected chi connectivity index (χ4v) is 18.8. The highest BCUT2D eigenvalue weighted by molar-refractivity contribution is 5.90. The van der Waals surface area contributed by atoms with Gasteiger partial charge in [-0.2, -0.15) is 65.9 Å². The molecule has 6 N–H and O–H groups in total. The lowest BCUT2D eigenvalue weighted by molar-refractivity contribution is -0.307. The van der Waals surface area contributed by atoms with Crippen LogP contribution in [0.5, 0.6) is 0 Å². The van der Waals surface area contributed by atoms with Crippen molar-refractivity contribution in [1.29, 1.82) is 0 Å². The number of alkyl halides is 15. The van der Waals surface area contributed by atoms with Gasteiger partial charge in [0.15, 0.2) is 47.0 Å². The molecule has 0 aromatic heterocycles. The maximum absolute atomic E-state index is 13.5. The van der Waals surface area contributed by atoms with Crippen molar-refractivity contribution < 1.29 is 182 Å². The SMILES string of the molecule is C=C(C)C(=O)OCC(=O)CC12CC3CC(C(C)(C)OCC(C)(C)O)(C1)CC(C(C)(C)OCC(C)(O)C(F)(F)F)(C3)C2.C=C(C)C(=O)OCC(=O)OC1CC2CC1C(C(C)(C)OCC(C)(O)C(F)(F)F)C2C(C)(C)OCC(C)(O)C(F)(F)F.C=C(C)C(=O)OCC(=O)OC1CC2OC1C(C(C)(C)OCC(C)(O)C(F)(F)F)C2C(C)(C)OCC(C)(O)C(F)(F)F. The molecule has 19 unspecified atom stereocenters. The highest BCUT2D eigenvalue weighted by Crippen LogP contribution is 2.76. The van der Waals surface area contributed by atoms with Crippen LogP contribution in [0.4, 0.5) is 65.9 Å². The minimum absolute atomic E-state index is 0.0457. The molecule has 6 saturated carbocycles. The number of hydrogen-bond acceptors (Lipinski definition) is 24. The minimum atomic E-state index is -5.03. The van der Waals surface area contributed by atoms with Crippen LogP contribution in [-0.4, -0.2) is 248 Å². The van der Waals surface area contributed by atoms with Gasteiger partial charge in [0, 0.05) is 58.1 Å². The van der Waals surface area contributed by atoms with Crippen molar-refractivity contribution in [3.8, 4) is 0 Å². The second-order valence-corrected chi connectivity index (χ2v) is 40.1. The van der Waals surface area contributed by atoms with E-state index in [1.807, 2.05) is 13.8 Å². The van der Waals surface area contributed by atoms with Gasteiger partial charge in [-0.3, -0.25) is 4.79 Å². The largest absolute Gasteiger partial charge is 0.460 e. The van der Waals surface area contributed by atoms with Gasteiger partial charge in [0.25, 0.3) is 0 Å². The van der Waals surface area contributed by atoms with Crippen LogP contribution < -0.4 is 0 Å². The summed E-state index contributed by atoms with van der Waals surface area (Å²) in [6.07, 6.45) is -23.4. The third-order valence-electron chi connectivity index (χ3n) is 25.8. The smallest absolute Gasteiger partial charge is 0.419 e. The fraction of sp³-hybridized carbons (Fsp3) is 0.857. The number of esters is 5. The molecule has 2 saturated heterocycles. The quantitative estimate of drug-likeness (QED) is 0.0146. The van der Waals surface area contributed by atoms with Crippen LogP contribution in [0.15, 0.2) is 36.5 Å². The van der Waals surface area contributed by atoms with E-state index in [9.17, 15) is 125 Å². The molecular formula is C84H127F15O24. The van der Waals surface area contributed by atoms with E-state index < -0.39 is 244 Å². The summed E-state index contributed by atoms with van der Waals surface area (Å²) in [6.45, 7) is 33.0. The summed E-state index contributed by atoms with van der Waals surface area (Å²) in [4.78, 5) is 73.2. The van der Waals surface area contributed by atoms with Crippen molar-refractivity contribution in [2.75, 3.05) is 59.5 Å². The van der Waals surface area contributed by atoms with Crippen LogP contribution in [0.1, 0.15) is 217 Å². The molecular weight excluding hydrogens is 1680 g/mol. The van der Waals surface area contributed by atoms with Crippen molar-refractivity contribution in [2.24, 2.45) is 57.7 Å². The van der Waals surface area contributed by atoms with Gasteiger partial charge in [-0.25, -0.2) is 24.0 Å². The Kier molecular flexibility index (Phi) is 32.5. The molecule has 8 bridgehead atoms. The standard InChI is InChI=1S/C31H49F3O7.C27H40F6O8.C26H38F6O9/c1-20(2)23(36)39-14-22(35)13-28-10-21-11-29(15-28,25(5,6)40-18-24(3,4)37)17-30(12-21,16-28)26(7,8)41-19-27(9,38)31(32,33)34;1-14(2)21(35)38-11-18(34)41-17-10-15-9-16(17)20(23(5,6)40-13-25(8,37)27(31,32)33)19(15)22(3,4)39-12-24(7,36)26(28,29)30;1-13(2)20(34)37-10-16(33)40-15-9-14-17(21(3,4)38-11-23(7,35)25(27,28)29)18(19(15)41-14)22(5,6)39-12-24(8,36)26(30,31)32/h21,37-38H,1,10-19H2,2-9H3;15-17,19-20,36-37H,1,9-13H2,2-8H3;14-15,17-19,35-36H,1,9-12H2,2-8H3. The average Bonchev–Trinajstić information content (AvgIpc) is 1.55. The Labute approximate surface area is 708 Å². The van der Waals surface area contributed by atoms with E-state index in [0.29, 0.717) is 60.3 Å². The Morgan fingerprint density at radius 3 is 1.05 bits per heavy atom. The Morgan fingerprint density at radius 2 is 0.699 bits per heavy atom. The molecule has 8 fully saturated rings. The van der Waals surface area contributed by atoms with Crippen molar-refractivity contribution in [2.45, 2.75) is 339 Å². The zero-order chi connectivity index (χ0) is 95.5. The number of ketones is 1. The molecule has 0 aromatic carbocycles. The van der Waals surface area contributed by atoms with E-state index in [2.05, 4.69) is 19.7 Å². The second kappa shape index (κ2) is 36.9. The first-order chi connectivity index (χ1) is 54.8. The summed E-state index contributed by atoms with van der Waals surface area (Å²) in [5.41, 5.74) is -25.6. The normalized spacial score (nSPS) is 29.3. The van der Waals surface area contributed by atoms with Gasteiger partial charge in [0.05, 0.1) is 85.0 Å². The van der Waals surface area contributed by atoms with Crippen LogP contribution >= 0.6 is 0 Å². The van der Waals surface area contributed by atoms with Crippen LogP contribution in [0, 0.1) is 57.7 Å². The van der Waals surface area contributed by atoms with Crippen LogP contribution in [0.3, 0.4) is 0 Å². The number of hydrogen-bond donors (Lipinski definition) is 6. The maximum atomic E-state index is 13.5. The topological polar surface area (TPSA) is 335 Å². The Morgan fingerprint density at radius 1 is 0.382 bits per heavy atom. The molecule has 2 heterocycles. The van der Waals surface area contributed by atoms with Gasteiger partial charge in [-0.15, -0.1) is 0 Å². The first-order valence-electron chi connectivity index (χ1n) is 40.3. The van der Waals surface area contributed by atoms with Crippen molar-refractivity contribution in [3.05, 3.63) is 36.5 Å². The van der Waals surface area contributed by atoms with Gasteiger partial charge < -0.3 is 87.5 Å². The lowest BCUT2D eigenvalue weighted by Crippen LogP contribution is -2.68. The highest BCUT2D eigenvalue weighted by Gasteiger charge is 2.73. The van der Waals surface area contributed by atoms with Crippen molar-refractivity contribution in [3.63, 3.8) is 0 Å². The summed E-state index contributed by atoms with van der Waals surface area (Å²) in [7, 11) is 0. The van der Waals surface area contributed by atoms with Crippen LogP contribution in [0.2, 0.25) is 0 Å². The van der Waals surface area contributed by atoms with Gasteiger partial charge in [0.1, 0.15) is 24.9 Å². The van der Waals surface area contributed by atoms with Gasteiger partial charge in [-0.05, 0) is 233 Å². The number of ether oxygens (including phenoxy) is 12. The highest BCUT2D eigenvalue weighted by atomic mass is 19.4. The molecule has 0 amide bonds. The number of halogens is 15. The van der Waals surface area contributed by atoms with E-state index in [4.69, 9.17) is 56.8 Å². The Balaban J connectivity index is 0.000000328. The molecule has 39 heteroatoms. The molecule has 712 valence electrons. The van der Waals surface area contributed by atoms with Crippen LogP contribution in [-0.2, 0) is 85.6 Å². The lowest BCUT2D eigenvalue weighted by atomic mass is 9.34. The summed E-state index contributed by atoms with van der Waals surface area (Å²) in [6, 6.07) is 0. The predicted molar refractivity (Wildman–Crippen MR) is 409 cm³/mol. The molecule has 123 heavy (non-hydrogen) atoms. The number of carbonyl (C=O) groups excluding carboxylic acids is 6. The number of rotatable bonds is 37. The van der Waals surface area contributed by atoms with Gasteiger partial charge in [-0.1, -0.05) is 19.7 Å². The van der Waals surface area contributed by atoms with E-state index in [0.717, 1.165) is 19.3 Å². The molecule has 0 spiro atoms. The van der Waals surface area contributed by atoms with Gasteiger partial charge in [0.2, 0.25) is 0 Å². The summed E-state index contributed by atoms with van der Waals surface area (Å²) < 4.78 is 267. The first kappa shape index (κ1) is 108. The molecule has 8 aliphatic rings. The predicted octanol–water partition coefficient (Wildman–Crippen LogP) is 13.8. The molecule has 0 radical (unpaired) electrons. The lowest BCUT2D eigenvalue weighted by Gasteiger charge is -2.72. The van der Waals surface area contributed by atoms with E-state index in [1.165, 1.54) is 76.2 Å². The number of carbonyl (C=O) groups is 6. The second-order valence-electron chi connectivity index (χ2n) is 40.1. The van der Waals surface area contributed by atoms with E-state index in [-0.39, 0.29) is 66.8 Å². The maximum Gasteiger partial charge on any atom is 0.419 e. The molecule has 6 aliphatic carbocycles. The van der Waals surface area contributed by atoms with Crippen molar-refractivity contribution >= 4 is 35.6 Å². The number of Topliss-reactive ketones (excluding diaryl/α,β-unsaturated/α-hetero) is 1. The molecule has 0 aromatic rings. The summed E-state index contributed by atoms with van der Waals surface area (Å²) in [5, 5.41) is 60.2. The monoisotopic (exact) mass is 1800 g/mol. The minimum Gasteiger partial charge on any atom is -0.460 e. The Bertz CT molecular complexity index is 3610. The third kappa shape index (κ3) is 25.6. The van der Waals surface area contributed by atoms with Crippen molar-refractivity contribution in [1.82, 2.24) is 0 Å². The van der Waals surface area contributed by atoms with Crippen LogP contribution in [0.25, 0.3) is 0 Å². The molecule has 8 rings (SSSR count). The zero-order valence-corrected chi connectivity index (χ0v) is 74.1. The molecule has 24 nitrogen and oxygen atoms in total. The summed E-state index contributed by atoms with van der Waals surface area (Å²) >= 11 is 0. The molecule has 19 atom stereocenters. The number of aliphatic hydroxyl groups is 6. The fourth-order valence-electron chi connectivity index (χ4n) is 18.8. The third-order valence-corrected chi connectivity index (χ3v) is 25.8. The first-order valence-corrected chi connectivity index (χ1v) is 40.3. The zero-order valence-electron chi connectivity index (χ0n) is 74.1. The van der Waals surface area contributed by atoms with E-state index in [1.54, 1.807) is 27.7 Å². The molecule has 2 aliphatic heterocycles. The number of fused-ring (bicyclic) bond motifs is 4. The summed E-state index contributed by atoms with van der Waals surface area (Å²) in [5.74, 6) is -8.00.